The van der Waals surface area contributed by atoms with Gasteiger partial charge in [-0.15, -0.1) is 0 Å². The van der Waals surface area contributed by atoms with E-state index < -0.39 is 0 Å². The lowest BCUT2D eigenvalue weighted by molar-refractivity contribution is 0.0781. The van der Waals surface area contributed by atoms with Gasteiger partial charge in [-0.2, -0.15) is 5.10 Å². The fraction of sp³-hybridized carbons (Fsp3) is 0.167. The van der Waals surface area contributed by atoms with E-state index in [2.05, 4.69) is 5.10 Å². The van der Waals surface area contributed by atoms with Crippen LogP contribution in [0.4, 0.5) is 4.39 Å². The van der Waals surface area contributed by atoms with E-state index in [9.17, 15) is 9.18 Å². The molecule has 0 aliphatic carbocycles. The number of fused-ring (bicyclic) bond motifs is 3. The maximum atomic E-state index is 13.3. The molecule has 1 aromatic carbocycles. The minimum atomic E-state index is -0.331. The summed E-state index contributed by atoms with van der Waals surface area (Å²) in [6.07, 6.45) is 1.54. The van der Waals surface area contributed by atoms with Crippen molar-refractivity contribution in [2.24, 2.45) is 0 Å². The molecule has 1 aliphatic rings. The Balaban J connectivity index is 2.31. The molecule has 0 fully saturated rings. The second-order valence-electron chi connectivity index (χ2n) is 4.06. The first-order valence-corrected chi connectivity index (χ1v) is 5.25. The van der Waals surface area contributed by atoms with Crippen LogP contribution in [-0.4, -0.2) is 27.6 Å². The normalized spacial score (nSPS) is 14.2. The average molecular weight is 231 g/mol. The van der Waals surface area contributed by atoms with Gasteiger partial charge >= 0.3 is 0 Å². The third kappa shape index (κ3) is 1.43. The molecule has 0 saturated heterocycles. The Kier molecular flexibility index (Phi) is 2.01. The highest BCUT2D eigenvalue weighted by molar-refractivity contribution is 5.93. The molecule has 1 amide bonds. The van der Waals surface area contributed by atoms with Crippen molar-refractivity contribution in [3.63, 3.8) is 0 Å². The second-order valence-corrected chi connectivity index (χ2v) is 4.06. The summed E-state index contributed by atoms with van der Waals surface area (Å²) < 4.78 is 14.8. The van der Waals surface area contributed by atoms with Gasteiger partial charge in [-0.1, -0.05) is 6.07 Å². The summed E-state index contributed by atoms with van der Waals surface area (Å²) in [5.41, 5.74) is 1.96. The summed E-state index contributed by atoms with van der Waals surface area (Å²) in [6.45, 7) is 0.456. The van der Waals surface area contributed by atoms with E-state index in [-0.39, 0.29) is 11.7 Å². The molecule has 1 aromatic heterocycles. The summed E-state index contributed by atoms with van der Waals surface area (Å²) in [5.74, 6) is -0.443. The largest absolute Gasteiger partial charge is 0.336 e. The molecule has 2 aromatic rings. The maximum Gasteiger partial charge on any atom is 0.272 e. The molecule has 1 aliphatic heterocycles. The van der Waals surface area contributed by atoms with E-state index in [1.54, 1.807) is 30.3 Å². The summed E-state index contributed by atoms with van der Waals surface area (Å²) in [5, 5.41) is 4.09. The minimum absolute atomic E-state index is 0.112. The molecule has 4 nitrogen and oxygen atoms in total. The second kappa shape index (κ2) is 3.41. The fourth-order valence-corrected chi connectivity index (χ4v) is 2.05. The number of rotatable bonds is 0. The molecule has 0 N–H and O–H groups in total. The molecule has 17 heavy (non-hydrogen) atoms. The Morgan fingerprint density at radius 1 is 1.35 bits per heavy atom. The van der Waals surface area contributed by atoms with Gasteiger partial charge in [0.15, 0.2) is 0 Å². The summed E-state index contributed by atoms with van der Waals surface area (Å²) in [6, 6.07) is 6.12. The number of carbonyl (C=O) groups is 1. The fourth-order valence-electron chi connectivity index (χ4n) is 2.05. The van der Waals surface area contributed by atoms with Gasteiger partial charge in [0.1, 0.15) is 11.5 Å². The Labute approximate surface area is 97.3 Å². The smallest absolute Gasteiger partial charge is 0.272 e. The molecule has 86 valence electrons. The molecule has 0 spiro atoms. The van der Waals surface area contributed by atoms with E-state index in [1.165, 1.54) is 16.8 Å². The molecular formula is C12H10FN3O. The lowest BCUT2D eigenvalue weighted by Gasteiger charge is -2.13. The van der Waals surface area contributed by atoms with Crippen molar-refractivity contribution >= 4 is 5.91 Å². The number of halogens is 1. The van der Waals surface area contributed by atoms with Gasteiger partial charge in [0.2, 0.25) is 0 Å². The lowest BCUT2D eigenvalue weighted by atomic mass is 10.1. The number of hydrogen-bond acceptors (Lipinski definition) is 2. The number of hydrogen-bond donors (Lipinski definition) is 0. The van der Waals surface area contributed by atoms with E-state index in [4.69, 9.17) is 0 Å². The van der Waals surface area contributed by atoms with E-state index >= 15 is 0 Å². The number of benzene rings is 1. The molecule has 5 heteroatoms. The van der Waals surface area contributed by atoms with Crippen LogP contribution in [0.1, 0.15) is 16.1 Å². The van der Waals surface area contributed by atoms with Crippen molar-refractivity contribution in [2.75, 3.05) is 7.05 Å². The number of carbonyl (C=O) groups excluding carboxylic acids is 1. The third-order valence-corrected chi connectivity index (χ3v) is 2.89. The summed E-state index contributed by atoms with van der Waals surface area (Å²) in [4.78, 5) is 13.6. The zero-order valence-corrected chi connectivity index (χ0v) is 9.22. The molecule has 0 bridgehead atoms. The average Bonchev–Trinajstić information content (AvgIpc) is 2.75. The van der Waals surface area contributed by atoms with Crippen LogP contribution < -0.4 is 0 Å². The molecule has 0 radical (unpaired) electrons. The zero-order chi connectivity index (χ0) is 12.0. The first kappa shape index (κ1) is 10.0. The Hall–Kier alpha value is -2.17. The maximum absolute atomic E-state index is 13.3. The number of amides is 1. The number of aromatic nitrogens is 2. The SMILES string of the molecule is CN1Cc2ccc(F)cc2-n2nccc2C1=O. The van der Waals surface area contributed by atoms with Crippen molar-refractivity contribution < 1.29 is 9.18 Å². The molecule has 3 rings (SSSR count). The van der Waals surface area contributed by atoms with Crippen molar-refractivity contribution in [2.45, 2.75) is 6.54 Å². The molecule has 0 atom stereocenters. The van der Waals surface area contributed by atoms with Gasteiger partial charge in [-0.3, -0.25) is 4.79 Å². The minimum Gasteiger partial charge on any atom is -0.336 e. The van der Waals surface area contributed by atoms with Crippen molar-refractivity contribution in [3.8, 4) is 5.69 Å². The lowest BCUT2D eigenvalue weighted by Crippen LogP contribution is -2.25. The van der Waals surface area contributed by atoms with Crippen LogP contribution in [0, 0.1) is 5.82 Å². The molecular weight excluding hydrogens is 221 g/mol. The molecule has 0 unspecified atom stereocenters. The first-order valence-electron chi connectivity index (χ1n) is 5.25. The van der Waals surface area contributed by atoms with Crippen LogP contribution in [-0.2, 0) is 6.54 Å². The van der Waals surface area contributed by atoms with Gasteiger partial charge in [0.25, 0.3) is 5.91 Å². The van der Waals surface area contributed by atoms with Gasteiger partial charge in [-0.05, 0) is 23.8 Å². The standard InChI is InChI=1S/C12H10FN3O/c1-15-7-8-2-3-9(13)6-11(8)16-10(12(15)17)4-5-14-16/h2-6H,7H2,1H3. The highest BCUT2D eigenvalue weighted by Crippen LogP contribution is 2.23. The Morgan fingerprint density at radius 2 is 2.18 bits per heavy atom. The summed E-state index contributed by atoms with van der Waals surface area (Å²) >= 11 is 0. The van der Waals surface area contributed by atoms with Gasteiger partial charge in [0.05, 0.1) is 11.9 Å². The predicted octanol–water partition coefficient (Wildman–Crippen LogP) is 1.60. The van der Waals surface area contributed by atoms with Crippen LogP contribution in [0.3, 0.4) is 0 Å². The zero-order valence-electron chi connectivity index (χ0n) is 9.22. The van der Waals surface area contributed by atoms with Crippen LogP contribution >= 0.6 is 0 Å². The van der Waals surface area contributed by atoms with Crippen LogP contribution in [0.5, 0.6) is 0 Å². The van der Waals surface area contributed by atoms with Gasteiger partial charge < -0.3 is 4.90 Å². The quantitative estimate of drug-likeness (QED) is 0.690. The van der Waals surface area contributed by atoms with Crippen LogP contribution in [0.15, 0.2) is 30.5 Å². The van der Waals surface area contributed by atoms with Crippen molar-refractivity contribution in [3.05, 3.63) is 47.5 Å². The highest BCUT2D eigenvalue weighted by Gasteiger charge is 2.24. The van der Waals surface area contributed by atoms with Crippen molar-refractivity contribution in [1.82, 2.24) is 14.7 Å². The monoisotopic (exact) mass is 231 g/mol. The van der Waals surface area contributed by atoms with Crippen LogP contribution in [0.25, 0.3) is 5.69 Å². The third-order valence-electron chi connectivity index (χ3n) is 2.89. The van der Waals surface area contributed by atoms with Gasteiger partial charge in [0, 0.05) is 13.6 Å². The van der Waals surface area contributed by atoms with E-state index in [0.29, 0.717) is 17.9 Å². The Morgan fingerprint density at radius 3 is 3.00 bits per heavy atom. The van der Waals surface area contributed by atoms with Gasteiger partial charge in [-0.25, -0.2) is 9.07 Å². The van der Waals surface area contributed by atoms with E-state index in [0.717, 1.165) is 5.56 Å². The van der Waals surface area contributed by atoms with Crippen LogP contribution in [0.2, 0.25) is 0 Å². The van der Waals surface area contributed by atoms with E-state index in [1.807, 2.05) is 0 Å². The molecule has 0 saturated carbocycles. The first-order chi connectivity index (χ1) is 8.16. The topological polar surface area (TPSA) is 38.1 Å². The summed E-state index contributed by atoms with van der Waals surface area (Å²) in [7, 11) is 1.72. The molecule has 2 heterocycles. The Bertz CT molecular complexity index is 606. The number of nitrogens with zero attached hydrogens (tertiary/aromatic N) is 3. The predicted molar refractivity (Wildman–Crippen MR) is 59.3 cm³/mol. The van der Waals surface area contributed by atoms with Crippen molar-refractivity contribution in [1.29, 1.82) is 0 Å². The highest BCUT2D eigenvalue weighted by atomic mass is 19.1.